The molecular formula is C21H14BrClN4O5S2. The molecule has 0 spiro atoms. The Kier molecular flexibility index (Phi) is 6.94. The van der Waals surface area contributed by atoms with E-state index in [0.717, 1.165) is 26.3 Å². The van der Waals surface area contributed by atoms with Gasteiger partial charge in [0.25, 0.3) is 15.7 Å². The van der Waals surface area contributed by atoms with Crippen molar-refractivity contribution in [1.82, 2.24) is 8.96 Å². The molecule has 13 heteroatoms. The van der Waals surface area contributed by atoms with Crippen molar-refractivity contribution < 1.29 is 18.1 Å². The van der Waals surface area contributed by atoms with Crippen molar-refractivity contribution in [2.45, 2.75) is 10.1 Å². The third kappa shape index (κ3) is 4.94. The largest absolute Gasteiger partial charge is 0.324 e. The molecule has 3 aromatic carbocycles. The number of hydrogen-bond donors (Lipinski definition) is 1. The Morgan fingerprint density at radius 2 is 1.85 bits per heavy atom. The van der Waals surface area contributed by atoms with Gasteiger partial charge in [-0.25, -0.2) is 17.4 Å². The fourth-order valence-corrected chi connectivity index (χ4v) is 6.05. The number of carbonyl (C=O) groups excluding carboxylic acids is 1. The standard InChI is InChI=1S/C21H14BrClN4O5S2/c22-13-5-8-15(9-6-13)34(31,32)26-19-4-2-1-3-18(19)25-21(26)33-12-20(28)24-17-10-7-14(27(29)30)11-16(17)23/h1-11H,12H2,(H,24,28). The van der Waals surface area contributed by atoms with Crippen molar-refractivity contribution in [1.29, 1.82) is 0 Å². The summed E-state index contributed by atoms with van der Waals surface area (Å²) in [6.45, 7) is 0. The molecule has 1 heterocycles. The summed E-state index contributed by atoms with van der Waals surface area (Å²) in [7, 11) is -4.00. The normalized spacial score (nSPS) is 11.5. The van der Waals surface area contributed by atoms with E-state index in [9.17, 15) is 23.3 Å². The van der Waals surface area contributed by atoms with Gasteiger partial charge in [0, 0.05) is 16.6 Å². The molecule has 4 aromatic rings. The monoisotopic (exact) mass is 580 g/mol. The summed E-state index contributed by atoms with van der Waals surface area (Å²) in [5.74, 6) is -0.660. The van der Waals surface area contributed by atoms with Crippen molar-refractivity contribution in [2.24, 2.45) is 0 Å². The highest BCUT2D eigenvalue weighted by molar-refractivity contribution is 9.10. The third-order valence-electron chi connectivity index (χ3n) is 4.61. The first kappa shape index (κ1) is 24.2. The van der Waals surface area contributed by atoms with Crippen LogP contribution in [0, 0.1) is 10.1 Å². The quantitative estimate of drug-likeness (QED) is 0.178. The fourth-order valence-electron chi connectivity index (χ4n) is 3.05. The second kappa shape index (κ2) is 9.74. The number of halogens is 2. The maximum Gasteiger partial charge on any atom is 0.271 e. The Labute approximate surface area is 211 Å². The number of nitro benzene ring substituents is 1. The summed E-state index contributed by atoms with van der Waals surface area (Å²) in [4.78, 5) is 27.3. The number of benzene rings is 3. The molecule has 9 nitrogen and oxygen atoms in total. The number of non-ortho nitro benzene ring substituents is 1. The molecule has 0 saturated heterocycles. The Morgan fingerprint density at radius 1 is 1.15 bits per heavy atom. The van der Waals surface area contributed by atoms with Crippen molar-refractivity contribution in [3.05, 3.63) is 86.3 Å². The highest BCUT2D eigenvalue weighted by atomic mass is 79.9. The van der Waals surface area contributed by atoms with Gasteiger partial charge >= 0.3 is 0 Å². The zero-order valence-electron chi connectivity index (χ0n) is 17.0. The maximum absolute atomic E-state index is 13.4. The Balaban J connectivity index is 1.61. The average Bonchev–Trinajstić information content (AvgIpc) is 3.18. The fraction of sp³-hybridized carbons (Fsp3) is 0.0476. The van der Waals surface area contributed by atoms with Crippen LogP contribution in [0.4, 0.5) is 11.4 Å². The van der Waals surface area contributed by atoms with Gasteiger partial charge < -0.3 is 5.32 Å². The van der Waals surface area contributed by atoms with Crippen LogP contribution in [0.3, 0.4) is 0 Å². The molecule has 0 bridgehead atoms. The minimum absolute atomic E-state index is 0.0117. The van der Waals surface area contributed by atoms with Gasteiger partial charge in [0.05, 0.1) is 37.3 Å². The lowest BCUT2D eigenvalue weighted by Crippen LogP contribution is -2.17. The van der Waals surface area contributed by atoms with Gasteiger partial charge in [-0.15, -0.1) is 0 Å². The second-order valence-electron chi connectivity index (χ2n) is 6.86. The predicted octanol–water partition coefficient (Wildman–Crippen LogP) is 5.33. The lowest BCUT2D eigenvalue weighted by Gasteiger charge is -2.11. The summed E-state index contributed by atoms with van der Waals surface area (Å²) in [5.41, 5.74) is 0.842. The molecule has 1 N–H and O–H groups in total. The Hall–Kier alpha value is -2.93. The zero-order valence-corrected chi connectivity index (χ0v) is 21.0. The number of amides is 1. The van der Waals surface area contributed by atoms with Crippen LogP contribution >= 0.6 is 39.3 Å². The Morgan fingerprint density at radius 3 is 2.53 bits per heavy atom. The number of nitrogens with zero attached hydrogens (tertiary/aromatic N) is 3. The highest BCUT2D eigenvalue weighted by Crippen LogP contribution is 2.30. The number of carbonyl (C=O) groups is 1. The summed E-state index contributed by atoms with van der Waals surface area (Å²) in [5, 5.41) is 13.5. The number of rotatable bonds is 7. The first-order valence-electron chi connectivity index (χ1n) is 9.52. The molecule has 4 rings (SSSR count). The van der Waals surface area contributed by atoms with Gasteiger partial charge in [-0.3, -0.25) is 14.9 Å². The van der Waals surface area contributed by atoms with Crippen molar-refractivity contribution >= 4 is 77.6 Å². The van der Waals surface area contributed by atoms with Crippen LogP contribution in [-0.4, -0.2) is 34.0 Å². The molecule has 1 amide bonds. The van der Waals surface area contributed by atoms with Crippen LogP contribution in [0.1, 0.15) is 0 Å². The van der Waals surface area contributed by atoms with E-state index in [0.29, 0.717) is 11.0 Å². The molecule has 1 aromatic heterocycles. The molecule has 34 heavy (non-hydrogen) atoms. The maximum atomic E-state index is 13.4. The average molecular weight is 582 g/mol. The highest BCUT2D eigenvalue weighted by Gasteiger charge is 2.25. The lowest BCUT2D eigenvalue weighted by atomic mass is 10.3. The van der Waals surface area contributed by atoms with Crippen molar-refractivity contribution in [3.63, 3.8) is 0 Å². The predicted molar refractivity (Wildman–Crippen MR) is 134 cm³/mol. The van der Waals surface area contributed by atoms with E-state index in [1.807, 2.05) is 0 Å². The summed E-state index contributed by atoms with van der Waals surface area (Å²) < 4.78 is 28.7. The number of hydrogen-bond acceptors (Lipinski definition) is 7. The van der Waals surface area contributed by atoms with E-state index in [4.69, 9.17) is 11.6 Å². The summed E-state index contributed by atoms with van der Waals surface area (Å²) in [6.07, 6.45) is 0. The first-order chi connectivity index (χ1) is 16.2. The number of fused-ring (bicyclic) bond motifs is 1. The smallest absolute Gasteiger partial charge is 0.271 e. The number of nitrogens with one attached hydrogen (secondary N) is 1. The number of thioether (sulfide) groups is 1. The van der Waals surface area contributed by atoms with E-state index in [1.165, 1.54) is 24.3 Å². The van der Waals surface area contributed by atoms with E-state index < -0.39 is 20.9 Å². The van der Waals surface area contributed by atoms with Crippen LogP contribution in [0.2, 0.25) is 5.02 Å². The van der Waals surface area contributed by atoms with E-state index in [2.05, 4.69) is 26.2 Å². The Bertz CT molecular complexity index is 1520. The third-order valence-corrected chi connectivity index (χ3v) is 8.23. The number of para-hydroxylation sites is 2. The van der Waals surface area contributed by atoms with Crippen LogP contribution < -0.4 is 5.32 Å². The number of anilines is 1. The molecule has 0 aliphatic heterocycles. The van der Waals surface area contributed by atoms with Crippen molar-refractivity contribution in [2.75, 3.05) is 11.1 Å². The lowest BCUT2D eigenvalue weighted by molar-refractivity contribution is -0.384. The van der Waals surface area contributed by atoms with Crippen LogP contribution in [0.25, 0.3) is 11.0 Å². The second-order valence-corrected chi connectivity index (χ2v) is 10.9. The number of aromatic nitrogens is 2. The number of imidazole rings is 1. The topological polar surface area (TPSA) is 124 Å². The van der Waals surface area contributed by atoms with Crippen LogP contribution in [0.15, 0.2) is 81.3 Å². The number of nitro groups is 1. The van der Waals surface area contributed by atoms with Gasteiger partial charge in [0.15, 0.2) is 5.16 Å². The van der Waals surface area contributed by atoms with Gasteiger partial charge in [0.1, 0.15) is 0 Å². The zero-order chi connectivity index (χ0) is 24.5. The van der Waals surface area contributed by atoms with E-state index >= 15 is 0 Å². The van der Waals surface area contributed by atoms with E-state index in [1.54, 1.807) is 36.4 Å². The summed E-state index contributed by atoms with van der Waals surface area (Å²) in [6, 6.07) is 16.7. The molecule has 0 fully saturated rings. The SMILES string of the molecule is O=C(CSc1nc2ccccc2n1S(=O)(=O)c1ccc(Br)cc1)Nc1ccc([N+](=O)[O-])cc1Cl. The summed E-state index contributed by atoms with van der Waals surface area (Å²) >= 11 is 10.3. The van der Waals surface area contributed by atoms with Gasteiger partial charge in [-0.05, 0) is 42.5 Å². The minimum Gasteiger partial charge on any atom is -0.324 e. The molecule has 0 aliphatic carbocycles. The van der Waals surface area contributed by atoms with Crippen LogP contribution in [0.5, 0.6) is 0 Å². The molecule has 0 aliphatic rings. The molecule has 174 valence electrons. The van der Waals surface area contributed by atoms with Gasteiger partial charge in [-0.2, -0.15) is 0 Å². The van der Waals surface area contributed by atoms with Crippen LogP contribution in [-0.2, 0) is 14.8 Å². The molecular weight excluding hydrogens is 568 g/mol. The molecule has 0 saturated carbocycles. The molecule has 0 radical (unpaired) electrons. The van der Waals surface area contributed by atoms with E-state index in [-0.39, 0.29) is 32.2 Å². The molecule has 0 unspecified atom stereocenters. The van der Waals surface area contributed by atoms with Gasteiger partial charge in [-0.1, -0.05) is 51.4 Å². The minimum atomic E-state index is -4.00. The molecule has 0 atom stereocenters. The van der Waals surface area contributed by atoms with Crippen molar-refractivity contribution in [3.8, 4) is 0 Å². The first-order valence-corrected chi connectivity index (χ1v) is 13.1. The van der Waals surface area contributed by atoms with Gasteiger partial charge in [0.2, 0.25) is 5.91 Å².